The van der Waals surface area contributed by atoms with Crippen LogP contribution in [0.25, 0.3) is 0 Å². The van der Waals surface area contributed by atoms with E-state index in [-0.39, 0.29) is 30.0 Å². The molecule has 0 bridgehead atoms. The highest BCUT2D eigenvalue weighted by atomic mass is 127. The third-order valence-corrected chi connectivity index (χ3v) is 5.21. The zero-order valence-electron chi connectivity index (χ0n) is 17.4. The van der Waals surface area contributed by atoms with Crippen molar-refractivity contribution in [2.75, 3.05) is 45.8 Å². The Bertz CT molecular complexity index is 512. The van der Waals surface area contributed by atoms with Gasteiger partial charge in [0.25, 0.3) is 0 Å². The van der Waals surface area contributed by atoms with E-state index >= 15 is 0 Å². The highest BCUT2D eigenvalue weighted by Gasteiger charge is 2.25. The van der Waals surface area contributed by atoms with E-state index in [0.717, 1.165) is 57.5 Å². The number of guanidine groups is 1. The van der Waals surface area contributed by atoms with E-state index in [0.29, 0.717) is 6.04 Å². The minimum Gasteiger partial charge on any atom is -0.468 e. The van der Waals surface area contributed by atoms with E-state index < -0.39 is 0 Å². The molecule has 0 saturated carbocycles. The first-order chi connectivity index (χ1) is 12.7. The van der Waals surface area contributed by atoms with Crippen LogP contribution in [0.15, 0.2) is 27.8 Å². The first-order valence-corrected chi connectivity index (χ1v) is 10.2. The molecule has 0 aliphatic carbocycles. The summed E-state index contributed by atoms with van der Waals surface area (Å²) in [6.45, 7) is 15.6. The Morgan fingerprint density at radius 2 is 1.93 bits per heavy atom. The maximum Gasteiger partial charge on any atom is 0.191 e. The summed E-state index contributed by atoms with van der Waals surface area (Å²) >= 11 is 0. The van der Waals surface area contributed by atoms with Crippen LogP contribution in [0, 0.1) is 0 Å². The Labute approximate surface area is 182 Å². The minimum absolute atomic E-state index is 0. The zero-order valence-corrected chi connectivity index (χ0v) is 19.7. The number of aliphatic imine (C=N–C) groups is 1. The van der Waals surface area contributed by atoms with Gasteiger partial charge in [-0.15, -0.1) is 24.0 Å². The van der Waals surface area contributed by atoms with Gasteiger partial charge in [0, 0.05) is 19.1 Å². The van der Waals surface area contributed by atoms with Gasteiger partial charge in [-0.05, 0) is 65.0 Å². The van der Waals surface area contributed by atoms with Crippen molar-refractivity contribution >= 4 is 29.9 Å². The van der Waals surface area contributed by atoms with E-state index in [2.05, 4.69) is 54.2 Å². The third kappa shape index (κ3) is 7.62. The second-order valence-corrected chi connectivity index (χ2v) is 6.95. The maximum absolute atomic E-state index is 5.71. The number of hydrogen-bond acceptors (Lipinski definition) is 4. The Balaban J connectivity index is 0.00000364. The average Bonchev–Trinajstić information content (AvgIpc) is 3.35. The molecule has 0 amide bonds. The van der Waals surface area contributed by atoms with Crippen LogP contribution in [0.4, 0.5) is 0 Å². The summed E-state index contributed by atoms with van der Waals surface area (Å²) in [5, 5.41) is 6.91. The van der Waals surface area contributed by atoms with Crippen LogP contribution >= 0.6 is 24.0 Å². The lowest BCUT2D eigenvalue weighted by atomic mass is 10.2. The number of furan rings is 1. The van der Waals surface area contributed by atoms with Gasteiger partial charge in [0.2, 0.25) is 0 Å². The summed E-state index contributed by atoms with van der Waals surface area (Å²) in [4.78, 5) is 9.76. The quantitative estimate of drug-likeness (QED) is 0.299. The van der Waals surface area contributed by atoms with Crippen molar-refractivity contribution in [3.8, 4) is 0 Å². The molecule has 1 aliphatic heterocycles. The van der Waals surface area contributed by atoms with Gasteiger partial charge in [-0.3, -0.25) is 14.8 Å². The van der Waals surface area contributed by atoms with Crippen molar-refractivity contribution in [3.63, 3.8) is 0 Å². The third-order valence-electron chi connectivity index (χ3n) is 5.21. The van der Waals surface area contributed by atoms with Gasteiger partial charge in [-0.1, -0.05) is 13.8 Å². The van der Waals surface area contributed by atoms with E-state index in [1.807, 2.05) is 6.07 Å². The molecule has 156 valence electrons. The van der Waals surface area contributed by atoms with Gasteiger partial charge in [-0.25, -0.2) is 0 Å². The number of nitrogens with one attached hydrogen (secondary N) is 2. The van der Waals surface area contributed by atoms with Crippen molar-refractivity contribution in [2.45, 2.75) is 52.6 Å². The van der Waals surface area contributed by atoms with E-state index in [9.17, 15) is 0 Å². The standard InChI is InChI=1S/C20H37N5O.HI/c1-5-21-20(22-15-17(4)24(6-2)7-3)23-16-18(19-11-10-14-26-19)25-12-8-9-13-25;/h10-11,14,17-18H,5-9,12-13,15-16H2,1-4H3,(H2,21,22,23);1H. The fraction of sp³-hybridized carbons (Fsp3) is 0.750. The van der Waals surface area contributed by atoms with Crippen molar-refractivity contribution in [1.29, 1.82) is 0 Å². The van der Waals surface area contributed by atoms with Gasteiger partial charge < -0.3 is 15.1 Å². The number of nitrogens with zero attached hydrogens (tertiary/aromatic N) is 3. The number of likely N-dealkylation sites (N-methyl/N-ethyl adjacent to an activating group) is 1. The Morgan fingerprint density at radius 1 is 1.22 bits per heavy atom. The molecule has 7 heteroatoms. The fourth-order valence-electron chi connectivity index (χ4n) is 3.66. The molecule has 2 heterocycles. The highest BCUT2D eigenvalue weighted by molar-refractivity contribution is 14.0. The van der Waals surface area contributed by atoms with E-state index in [4.69, 9.17) is 9.41 Å². The highest BCUT2D eigenvalue weighted by Crippen LogP contribution is 2.24. The molecule has 2 atom stereocenters. The molecule has 0 spiro atoms. The molecule has 0 aromatic carbocycles. The molecule has 1 fully saturated rings. The minimum atomic E-state index is 0. The molecule has 0 radical (unpaired) electrons. The van der Waals surface area contributed by atoms with E-state index in [1.54, 1.807) is 6.26 Å². The summed E-state index contributed by atoms with van der Waals surface area (Å²) < 4.78 is 5.71. The number of rotatable bonds is 10. The predicted octanol–water partition coefficient (Wildman–Crippen LogP) is 3.32. The molecular formula is C20H38IN5O. The predicted molar refractivity (Wildman–Crippen MR) is 124 cm³/mol. The van der Waals surface area contributed by atoms with Crippen LogP contribution in [0.3, 0.4) is 0 Å². The first kappa shape index (κ1) is 24.2. The van der Waals surface area contributed by atoms with Crippen molar-refractivity contribution in [3.05, 3.63) is 24.2 Å². The summed E-state index contributed by atoms with van der Waals surface area (Å²) in [6, 6.07) is 4.76. The van der Waals surface area contributed by atoms with Crippen LogP contribution in [0.2, 0.25) is 0 Å². The van der Waals surface area contributed by atoms with Gasteiger partial charge >= 0.3 is 0 Å². The first-order valence-electron chi connectivity index (χ1n) is 10.2. The molecule has 1 aromatic rings. The van der Waals surface area contributed by atoms with Crippen LogP contribution in [-0.4, -0.2) is 67.6 Å². The van der Waals surface area contributed by atoms with Gasteiger partial charge in [0.15, 0.2) is 5.96 Å². The Morgan fingerprint density at radius 3 is 2.48 bits per heavy atom. The smallest absolute Gasteiger partial charge is 0.191 e. The van der Waals surface area contributed by atoms with Crippen molar-refractivity contribution in [1.82, 2.24) is 20.4 Å². The zero-order chi connectivity index (χ0) is 18.8. The van der Waals surface area contributed by atoms with Crippen LogP contribution in [0.5, 0.6) is 0 Å². The van der Waals surface area contributed by atoms with E-state index in [1.165, 1.54) is 12.8 Å². The molecule has 1 saturated heterocycles. The lowest BCUT2D eigenvalue weighted by Gasteiger charge is -2.27. The topological polar surface area (TPSA) is 56.0 Å². The molecular weight excluding hydrogens is 453 g/mol. The average molecular weight is 491 g/mol. The summed E-state index contributed by atoms with van der Waals surface area (Å²) in [7, 11) is 0. The Hall–Kier alpha value is -0.800. The number of likely N-dealkylation sites (tertiary alicyclic amines) is 1. The largest absolute Gasteiger partial charge is 0.468 e. The Kier molecular flexibility index (Phi) is 12.0. The molecule has 2 unspecified atom stereocenters. The van der Waals surface area contributed by atoms with Crippen molar-refractivity contribution in [2.24, 2.45) is 4.99 Å². The molecule has 1 aliphatic rings. The SMILES string of the molecule is CCNC(=NCC(C)N(CC)CC)NCC(c1ccco1)N1CCCC1.I. The van der Waals surface area contributed by atoms with Crippen LogP contribution < -0.4 is 10.6 Å². The lowest BCUT2D eigenvalue weighted by Crippen LogP contribution is -2.43. The monoisotopic (exact) mass is 491 g/mol. The van der Waals surface area contributed by atoms with Crippen LogP contribution in [0.1, 0.15) is 52.3 Å². The second-order valence-electron chi connectivity index (χ2n) is 6.95. The van der Waals surface area contributed by atoms with Gasteiger partial charge in [0.05, 0.1) is 18.8 Å². The summed E-state index contributed by atoms with van der Waals surface area (Å²) in [6.07, 6.45) is 4.31. The van der Waals surface area contributed by atoms with Crippen LogP contribution in [-0.2, 0) is 0 Å². The molecule has 2 rings (SSSR count). The number of hydrogen-bond donors (Lipinski definition) is 2. The fourth-order valence-corrected chi connectivity index (χ4v) is 3.66. The normalized spacial score (nSPS) is 17.6. The molecule has 2 N–H and O–H groups in total. The summed E-state index contributed by atoms with van der Waals surface area (Å²) in [5.41, 5.74) is 0. The second kappa shape index (κ2) is 13.4. The molecule has 1 aromatic heterocycles. The molecule has 27 heavy (non-hydrogen) atoms. The lowest BCUT2D eigenvalue weighted by molar-refractivity contribution is 0.215. The summed E-state index contributed by atoms with van der Waals surface area (Å²) in [5.74, 6) is 1.93. The molecule has 6 nitrogen and oxygen atoms in total. The maximum atomic E-state index is 5.71. The van der Waals surface area contributed by atoms with Gasteiger partial charge in [0.1, 0.15) is 5.76 Å². The number of halogens is 1. The van der Waals surface area contributed by atoms with Crippen molar-refractivity contribution < 1.29 is 4.42 Å². The van der Waals surface area contributed by atoms with Gasteiger partial charge in [-0.2, -0.15) is 0 Å².